The number of hydrogen-bond donors (Lipinski definition) is 1. The van der Waals surface area contributed by atoms with Crippen LogP contribution in [0.25, 0.3) is 0 Å². The van der Waals surface area contributed by atoms with Gasteiger partial charge in [-0.25, -0.2) is 4.98 Å². The van der Waals surface area contributed by atoms with Crippen molar-refractivity contribution in [2.45, 2.75) is 0 Å². The van der Waals surface area contributed by atoms with Gasteiger partial charge in [0.1, 0.15) is 6.20 Å². The molecular weight excluding hydrogens is 450 g/mol. The topological polar surface area (TPSA) is 81.0 Å². The van der Waals surface area contributed by atoms with Crippen LogP contribution in [-0.4, -0.2) is 14.9 Å². The second-order valence-corrected chi connectivity index (χ2v) is 5.82. The summed E-state index contributed by atoms with van der Waals surface area (Å²) in [6, 6.07) is 5.52. The summed E-state index contributed by atoms with van der Waals surface area (Å²) in [5, 5.41) is 13.7. The monoisotopic (exact) mass is 454 g/mol. The number of anilines is 2. The largest absolute Gasteiger partial charge is 0.333 e. The second kappa shape index (κ2) is 5.97. The van der Waals surface area contributed by atoms with Gasteiger partial charge in [0.2, 0.25) is 11.1 Å². The summed E-state index contributed by atoms with van der Waals surface area (Å²) in [5.41, 5.74) is 0.410. The highest BCUT2D eigenvalue weighted by molar-refractivity contribution is 14.1. The number of rotatable bonds is 3. The zero-order chi connectivity index (χ0) is 14.0. The molecule has 0 unspecified atom stereocenters. The Labute approximate surface area is 135 Å². The molecule has 1 aromatic carbocycles. The Hall–Kier alpha value is -1.000. The minimum atomic E-state index is -0.570. The van der Waals surface area contributed by atoms with E-state index in [1.165, 1.54) is 0 Å². The summed E-state index contributed by atoms with van der Waals surface area (Å²) in [4.78, 5) is 17.8. The average Bonchev–Trinajstić information content (AvgIpc) is 2.32. The van der Waals surface area contributed by atoms with Crippen LogP contribution >= 0.6 is 50.1 Å². The molecule has 2 aromatic rings. The Morgan fingerprint density at radius 2 is 2.21 bits per heavy atom. The molecule has 2 rings (SSSR count). The lowest BCUT2D eigenvalue weighted by Gasteiger charge is -2.08. The summed E-state index contributed by atoms with van der Waals surface area (Å²) < 4.78 is 1.80. The number of hydrogen-bond acceptors (Lipinski definition) is 5. The van der Waals surface area contributed by atoms with E-state index in [1.807, 2.05) is 12.1 Å². The molecule has 1 N–H and O–H groups in total. The first-order chi connectivity index (χ1) is 8.97. The molecule has 0 saturated carbocycles. The van der Waals surface area contributed by atoms with Gasteiger partial charge in [-0.15, -0.1) is 0 Å². The fourth-order valence-electron chi connectivity index (χ4n) is 1.30. The quantitative estimate of drug-likeness (QED) is 0.326. The van der Waals surface area contributed by atoms with Crippen LogP contribution in [0, 0.1) is 13.7 Å². The van der Waals surface area contributed by atoms with E-state index >= 15 is 0 Å². The molecule has 0 fully saturated rings. The van der Waals surface area contributed by atoms with Gasteiger partial charge < -0.3 is 5.32 Å². The van der Waals surface area contributed by atoms with E-state index in [0.717, 1.165) is 14.2 Å². The van der Waals surface area contributed by atoms with Crippen molar-refractivity contribution in [1.29, 1.82) is 0 Å². The lowest BCUT2D eigenvalue weighted by molar-refractivity contribution is -0.384. The van der Waals surface area contributed by atoms with E-state index in [9.17, 15) is 10.1 Å². The van der Waals surface area contributed by atoms with Gasteiger partial charge in [-0.2, -0.15) is 4.98 Å². The first-order valence-electron chi connectivity index (χ1n) is 4.86. The van der Waals surface area contributed by atoms with Gasteiger partial charge >= 0.3 is 5.69 Å². The van der Waals surface area contributed by atoms with Crippen LogP contribution in [-0.2, 0) is 0 Å². The Morgan fingerprint density at radius 3 is 2.84 bits per heavy atom. The van der Waals surface area contributed by atoms with Crippen molar-refractivity contribution < 1.29 is 4.92 Å². The third-order valence-corrected chi connectivity index (χ3v) is 3.63. The van der Waals surface area contributed by atoms with Crippen molar-refractivity contribution in [3.63, 3.8) is 0 Å². The predicted molar refractivity (Wildman–Crippen MR) is 83.8 cm³/mol. The molecule has 0 amide bonds. The highest BCUT2D eigenvalue weighted by Crippen LogP contribution is 2.30. The van der Waals surface area contributed by atoms with Gasteiger partial charge in [0.05, 0.1) is 10.6 Å². The van der Waals surface area contributed by atoms with Crippen molar-refractivity contribution in [3.8, 4) is 0 Å². The predicted octanol–water partition coefficient (Wildman–Crippen LogP) is 4.15. The zero-order valence-corrected chi connectivity index (χ0v) is 13.6. The lowest BCUT2D eigenvalue weighted by Crippen LogP contribution is -2.01. The number of nitrogens with zero attached hydrogens (tertiary/aromatic N) is 3. The molecule has 0 aliphatic carbocycles. The van der Waals surface area contributed by atoms with E-state index in [1.54, 1.807) is 6.07 Å². The van der Waals surface area contributed by atoms with Crippen LogP contribution in [0.5, 0.6) is 0 Å². The van der Waals surface area contributed by atoms with Crippen LogP contribution in [0.2, 0.25) is 5.28 Å². The number of benzene rings is 1. The van der Waals surface area contributed by atoms with E-state index in [4.69, 9.17) is 11.6 Å². The molecular formula is C10H5BrClIN4O2. The summed E-state index contributed by atoms with van der Waals surface area (Å²) in [7, 11) is 0. The Balaban J connectivity index is 2.42. The second-order valence-electron chi connectivity index (χ2n) is 3.38. The molecule has 98 valence electrons. The third-order valence-electron chi connectivity index (χ3n) is 2.12. The summed E-state index contributed by atoms with van der Waals surface area (Å²) in [6.45, 7) is 0. The van der Waals surface area contributed by atoms with Crippen molar-refractivity contribution in [3.05, 3.63) is 47.8 Å². The van der Waals surface area contributed by atoms with Crippen LogP contribution in [0.3, 0.4) is 0 Å². The van der Waals surface area contributed by atoms with E-state index in [0.29, 0.717) is 5.69 Å². The summed E-state index contributed by atoms with van der Waals surface area (Å²) in [6.07, 6.45) is 1.07. The van der Waals surface area contributed by atoms with Gasteiger partial charge in [-0.1, -0.05) is 0 Å². The van der Waals surface area contributed by atoms with Crippen molar-refractivity contribution in [2.75, 3.05) is 5.32 Å². The van der Waals surface area contributed by atoms with Crippen molar-refractivity contribution >= 4 is 67.3 Å². The molecule has 9 heteroatoms. The number of halogens is 3. The molecule has 19 heavy (non-hydrogen) atoms. The van der Waals surface area contributed by atoms with Gasteiger partial charge in [-0.3, -0.25) is 10.1 Å². The molecule has 0 spiro atoms. The molecule has 0 aliphatic heterocycles. The molecule has 0 aliphatic rings. The highest BCUT2D eigenvalue weighted by Gasteiger charge is 2.17. The lowest BCUT2D eigenvalue weighted by atomic mass is 10.3. The normalized spacial score (nSPS) is 10.3. The zero-order valence-electron chi connectivity index (χ0n) is 9.10. The maximum Gasteiger partial charge on any atom is 0.329 e. The first kappa shape index (κ1) is 14.4. The standard InChI is InChI=1S/C10H5BrClIN4O2/c11-6-3-5(13)1-2-7(6)15-9-8(17(18)19)4-14-10(12)16-9/h1-4H,(H,14,15,16). The van der Waals surface area contributed by atoms with E-state index < -0.39 is 4.92 Å². The SMILES string of the molecule is O=[N+]([O-])c1cnc(Cl)nc1Nc1ccc(I)cc1Br. The number of aromatic nitrogens is 2. The smallest absolute Gasteiger partial charge is 0.329 e. The highest BCUT2D eigenvalue weighted by atomic mass is 127. The Morgan fingerprint density at radius 1 is 1.47 bits per heavy atom. The fraction of sp³-hybridized carbons (Fsp3) is 0. The van der Waals surface area contributed by atoms with Gasteiger partial charge in [0.25, 0.3) is 0 Å². The maximum atomic E-state index is 10.9. The van der Waals surface area contributed by atoms with Crippen molar-refractivity contribution in [1.82, 2.24) is 9.97 Å². The van der Waals surface area contributed by atoms with E-state index in [-0.39, 0.29) is 16.8 Å². The van der Waals surface area contributed by atoms with Gasteiger partial charge in [-0.05, 0) is 68.3 Å². The minimum absolute atomic E-state index is 0.0481. The molecule has 1 heterocycles. The molecule has 6 nitrogen and oxygen atoms in total. The number of nitro groups is 1. The first-order valence-corrected chi connectivity index (χ1v) is 7.11. The van der Waals surface area contributed by atoms with Crippen molar-refractivity contribution in [2.24, 2.45) is 0 Å². The molecule has 0 saturated heterocycles. The molecule has 0 bridgehead atoms. The number of nitrogens with one attached hydrogen (secondary N) is 1. The third kappa shape index (κ3) is 3.51. The van der Waals surface area contributed by atoms with Crippen LogP contribution in [0.15, 0.2) is 28.9 Å². The van der Waals surface area contributed by atoms with Crippen LogP contribution < -0.4 is 5.32 Å². The Bertz CT molecular complexity index is 655. The molecule has 0 atom stereocenters. The van der Waals surface area contributed by atoms with Crippen LogP contribution in [0.4, 0.5) is 17.2 Å². The summed E-state index contributed by atoms with van der Waals surface area (Å²) >= 11 is 11.2. The Kier molecular flexibility index (Phi) is 4.53. The van der Waals surface area contributed by atoms with E-state index in [2.05, 4.69) is 53.8 Å². The molecule has 0 radical (unpaired) electrons. The summed E-state index contributed by atoms with van der Waals surface area (Å²) in [5.74, 6) is 0.0481. The fourth-order valence-corrected chi connectivity index (χ4v) is 2.83. The van der Waals surface area contributed by atoms with Crippen LogP contribution in [0.1, 0.15) is 0 Å². The average molecular weight is 455 g/mol. The van der Waals surface area contributed by atoms with Gasteiger partial charge in [0, 0.05) is 8.04 Å². The van der Waals surface area contributed by atoms with Gasteiger partial charge in [0.15, 0.2) is 0 Å². The minimum Gasteiger partial charge on any atom is -0.333 e. The maximum absolute atomic E-state index is 10.9. The molecule has 1 aromatic heterocycles.